The van der Waals surface area contributed by atoms with Gasteiger partial charge in [-0.25, -0.2) is 0 Å². The van der Waals surface area contributed by atoms with E-state index >= 15 is 0 Å². The summed E-state index contributed by atoms with van der Waals surface area (Å²) < 4.78 is 2.03. The van der Waals surface area contributed by atoms with Gasteiger partial charge in [-0.15, -0.1) is 0 Å². The lowest BCUT2D eigenvalue weighted by Gasteiger charge is -2.29. The Bertz CT molecular complexity index is 816. The van der Waals surface area contributed by atoms with Crippen molar-refractivity contribution in [2.45, 2.75) is 57.5 Å². The third-order valence-corrected chi connectivity index (χ3v) is 6.18. The molecule has 1 saturated carbocycles. The van der Waals surface area contributed by atoms with Gasteiger partial charge in [0.1, 0.15) is 0 Å². The minimum Gasteiger partial charge on any atom is -0.378 e. The molecule has 0 bridgehead atoms. The van der Waals surface area contributed by atoms with Gasteiger partial charge in [-0.1, -0.05) is 12.8 Å². The molecule has 0 N–H and O–H groups in total. The van der Waals surface area contributed by atoms with Crippen LogP contribution in [0.2, 0.25) is 0 Å². The van der Waals surface area contributed by atoms with Gasteiger partial charge >= 0.3 is 0 Å². The first-order valence-electron chi connectivity index (χ1n) is 10.2. The van der Waals surface area contributed by atoms with E-state index in [9.17, 15) is 4.79 Å². The number of rotatable bonds is 5. The van der Waals surface area contributed by atoms with Crippen molar-refractivity contribution in [2.75, 3.05) is 19.0 Å². The third-order valence-electron chi connectivity index (χ3n) is 6.18. The number of hydrogen-bond acceptors (Lipinski definition) is 3. The summed E-state index contributed by atoms with van der Waals surface area (Å²) in [6.07, 6.45) is 8.07. The summed E-state index contributed by atoms with van der Waals surface area (Å²) in [5, 5.41) is 4.77. The highest BCUT2D eigenvalue weighted by Crippen LogP contribution is 2.30. The molecule has 2 aliphatic rings. The zero-order chi connectivity index (χ0) is 19.0. The molecule has 0 spiro atoms. The fourth-order valence-corrected chi connectivity index (χ4v) is 4.64. The topological polar surface area (TPSA) is 41.4 Å². The van der Waals surface area contributed by atoms with Crippen LogP contribution in [0.1, 0.15) is 59.4 Å². The van der Waals surface area contributed by atoms with Gasteiger partial charge in [0, 0.05) is 44.1 Å². The van der Waals surface area contributed by atoms with Crippen LogP contribution < -0.4 is 4.90 Å². The van der Waals surface area contributed by atoms with Gasteiger partial charge in [0.25, 0.3) is 5.91 Å². The fraction of sp³-hybridized carbons (Fsp3) is 0.545. The molecule has 2 aliphatic carbocycles. The second kappa shape index (κ2) is 7.37. The van der Waals surface area contributed by atoms with Crippen molar-refractivity contribution in [1.82, 2.24) is 14.7 Å². The molecular weight excluding hydrogens is 336 g/mol. The fourth-order valence-electron chi connectivity index (χ4n) is 4.64. The normalized spacial score (nSPS) is 16.6. The van der Waals surface area contributed by atoms with E-state index in [1.807, 2.05) is 50.1 Å². The SMILES string of the molecule is CN(C)c1ccc(C(=O)N(Cc2nn(C)c3c2CCC3)C2CCCC2)cc1. The lowest BCUT2D eigenvalue weighted by atomic mass is 10.1. The first-order chi connectivity index (χ1) is 13.0. The molecule has 5 nitrogen and oxygen atoms in total. The summed E-state index contributed by atoms with van der Waals surface area (Å²) >= 11 is 0. The summed E-state index contributed by atoms with van der Waals surface area (Å²) in [5.41, 5.74) is 5.74. The Labute approximate surface area is 162 Å². The minimum atomic E-state index is 0.143. The van der Waals surface area contributed by atoms with Crippen LogP contribution in [0.5, 0.6) is 0 Å². The maximum atomic E-state index is 13.4. The van der Waals surface area contributed by atoms with Gasteiger partial charge in [-0.3, -0.25) is 9.48 Å². The highest BCUT2D eigenvalue weighted by Gasteiger charge is 2.30. The molecule has 0 aliphatic heterocycles. The molecule has 1 aromatic heterocycles. The smallest absolute Gasteiger partial charge is 0.254 e. The number of anilines is 1. The largest absolute Gasteiger partial charge is 0.378 e. The van der Waals surface area contributed by atoms with E-state index in [0.29, 0.717) is 12.6 Å². The first-order valence-corrected chi connectivity index (χ1v) is 10.2. The average molecular weight is 367 g/mol. The van der Waals surface area contributed by atoms with Gasteiger partial charge < -0.3 is 9.80 Å². The first kappa shape index (κ1) is 18.1. The van der Waals surface area contributed by atoms with Gasteiger partial charge in [0.15, 0.2) is 0 Å². The number of fused-ring (bicyclic) bond motifs is 1. The Morgan fingerprint density at radius 2 is 1.81 bits per heavy atom. The number of benzene rings is 1. The number of carbonyl (C=O) groups is 1. The van der Waals surface area contributed by atoms with Crippen LogP contribution in [0.15, 0.2) is 24.3 Å². The summed E-state index contributed by atoms with van der Waals surface area (Å²) in [7, 11) is 6.07. The minimum absolute atomic E-state index is 0.143. The highest BCUT2D eigenvalue weighted by molar-refractivity contribution is 5.94. The van der Waals surface area contributed by atoms with E-state index in [1.165, 1.54) is 30.5 Å². The van der Waals surface area contributed by atoms with Gasteiger partial charge in [-0.05, 0) is 61.9 Å². The molecule has 1 amide bonds. The third kappa shape index (κ3) is 3.47. The Morgan fingerprint density at radius 1 is 1.11 bits per heavy atom. The molecule has 0 atom stereocenters. The standard InChI is InChI=1S/C22H30N4O/c1-24(2)17-13-11-16(12-14-17)22(27)26(18-7-4-5-8-18)15-20-19-9-6-10-21(19)25(3)23-20/h11-14,18H,4-10,15H2,1-3H3. The lowest BCUT2D eigenvalue weighted by molar-refractivity contribution is 0.0661. The quantitative estimate of drug-likeness (QED) is 0.812. The Hall–Kier alpha value is -2.30. The molecule has 4 rings (SSSR count). The zero-order valence-electron chi connectivity index (χ0n) is 16.7. The van der Waals surface area contributed by atoms with E-state index < -0.39 is 0 Å². The van der Waals surface area contributed by atoms with Gasteiger partial charge in [0.2, 0.25) is 0 Å². The number of nitrogens with zero attached hydrogens (tertiary/aromatic N) is 4. The predicted molar refractivity (Wildman–Crippen MR) is 108 cm³/mol. The van der Waals surface area contributed by atoms with Crippen LogP contribution in [0.25, 0.3) is 0 Å². The van der Waals surface area contributed by atoms with Crippen LogP contribution in [0.3, 0.4) is 0 Å². The molecule has 2 aromatic rings. The molecule has 144 valence electrons. The van der Waals surface area contributed by atoms with Crippen LogP contribution >= 0.6 is 0 Å². The van der Waals surface area contributed by atoms with Crippen molar-refractivity contribution < 1.29 is 4.79 Å². The van der Waals surface area contributed by atoms with Crippen LogP contribution in [-0.4, -0.2) is 40.7 Å². The van der Waals surface area contributed by atoms with E-state index in [0.717, 1.165) is 42.6 Å². The van der Waals surface area contributed by atoms with Crippen molar-refractivity contribution in [2.24, 2.45) is 7.05 Å². The zero-order valence-corrected chi connectivity index (χ0v) is 16.7. The van der Waals surface area contributed by atoms with Crippen molar-refractivity contribution in [1.29, 1.82) is 0 Å². The average Bonchev–Trinajstić information content (AvgIpc) is 3.40. The van der Waals surface area contributed by atoms with Crippen molar-refractivity contribution in [3.05, 3.63) is 46.8 Å². The van der Waals surface area contributed by atoms with Crippen molar-refractivity contribution in [3.8, 4) is 0 Å². The summed E-state index contributed by atoms with van der Waals surface area (Å²) in [4.78, 5) is 17.6. The monoisotopic (exact) mass is 366 g/mol. The second-order valence-electron chi connectivity index (χ2n) is 8.16. The molecule has 0 unspecified atom stereocenters. The molecule has 1 heterocycles. The molecule has 1 aromatic carbocycles. The molecule has 1 fully saturated rings. The maximum Gasteiger partial charge on any atom is 0.254 e. The molecule has 27 heavy (non-hydrogen) atoms. The Morgan fingerprint density at radius 3 is 2.48 bits per heavy atom. The van der Waals surface area contributed by atoms with E-state index in [2.05, 4.69) is 9.80 Å². The number of aryl methyl sites for hydroxylation is 1. The lowest BCUT2D eigenvalue weighted by Crippen LogP contribution is -2.38. The number of aromatic nitrogens is 2. The van der Waals surface area contributed by atoms with E-state index in [-0.39, 0.29) is 5.91 Å². The highest BCUT2D eigenvalue weighted by atomic mass is 16.2. The van der Waals surface area contributed by atoms with Gasteiger partial charge in [-0.2, -0.15) is 5.10 Å². The molecule has 5 heteroatoms. The van der Waals surface area contributed by atoms with Crippen LogP contribution in [-0.2, 0) is 26.4 Å². The number of carbonyl (C=O) groups excluding carboxylic acids is 1. The van der Waals surface area contributed by atoms with Gasteiger partial charge in [0.05, 0.1) is 12.2 Å². The molecule has 0 saturated heterocycles. The van der Waals surface area contributed by atoms with Crippen LogP contribution in [0.4, 0.5) is 5.69 Å². The van der Waals surface area contributed by atoms with E-state index in [4.69, 9.17) is 5.10 Å². The Kier molecular flexibility index (Phi) is 4.94. The predicted octanol–water partition coefficient (Wildman–Crippen LogP) is 3.56. The number of amides is 1. The molecule has 0 radical (unpaired) electrons. The second-order valence-corrected chi connectivity index (χ2v) is 8.16. The maximum absolute atomic E-state index is 13.4. The van der Waals surface area contributed by atoms with E-state index in [1.54, 1.807) is 0 Å². The summed E-state index contributed by atoms with van der Waals surface area (Å²) in [6.45, 7) is 0.641. The number of hydrogen-bond donors (Lipinski definition) is 0. The summed E-state index contributed by atoms with van der Waals surface area (Å²) in [5.74, 6) is 0.143. The molecular formula is C22H30N4O. The Balaban J connectivity index is 1.61. The summed E-state index contributed by atoms with van der Waals surface area (Å²) in [6, 6.07) is 8.31. The van der Waals surface area contributed by atoms with Crippen LogP contribution in [0, 0.1) is 0 Å². The van der Waals surface area contributed by atoms with Crippen molar-refractivity contribution in [3.63, 3.8) is 0 Å². The van der Waals surface area contributed by atoms with Crippen molar-refractivity contribution >= 4 is 11.6 Å².